The molecular weight excluding hydrogens is 428 g/mol. The van der Waals surface area contributed by atoms with Gasteiger partial charge in [0.15, 0.2) is 5.65 Å². The molecule has 4 heterocycles. The first-order valence-corrected chi connectivity index (χ1v) is 12.2. The van der Waals surface area contributed by atoms with E-state index in [-0.39, 0.29) is 17.5 Å². The van der Waals surface area contributed by atoms with E-state index in [1.54, 1.807) is 6.20 Å². The Hall–Kier alpha value is -3.04. The smallest absolute Gasteiger partial charge is 0.274 e. The molecule has 2 aliphatic rings. The summed E-state index contributed by atoms with van der Waals surface area (Å²) in [6.45, 7) is 12.0. The van der Waals surface area contributed by atoms with Gasteiger partial charge in [-0.2, -0.15) is 4.98 Å². The van der Waals surface area contributed by atoms with Gasteiger partial charge in [-0.15, -0.1) is 0 Å². The van der Waals surface area contributed by atoms with Gasteiger partial charge in [0.05, 0.1) is 12.2 Å². The van der Waals surface area contributed by atoms with Gasteiger partial charge in [0.25, 0.3) is 5.56 Å². The third kappa shape index (κ3) is 4.37. The molecule has 0 aliphatic carbocycles. The van der Waals surface area contributed by atoms with E-state index in [1.807, 2.05) is 18.4 Å². The maximum Gasteiger partial charge on any atom is 0.274 e. The minimum atomic E-state index is -0.0479. The van der Waals surface area contributed by atoms with Crippen LogP contribution in [0.1, 0.15) is 43.5 Å². The Morgan fingerprint density at radius 2 is 1.94 bits per heavy atom. The molecule has 9 nitrogen and oxygen atoms in total. The predicted molar refractivity (Wildman–Crippen MR) is 136 cm³/mol. The summed E-state index contributed by atoms with van der Waals surface area (Å²) in [6, 6.07) is 6.45. The largest absolute Gasteiger partial charge is 0.369 e. The lowest BCUT2D eigenvalue weighted by Gasteiger charge is -2.35. The number of piperazine rings is 1. The van der Waals surface area contributed by atoms with Crippen LogP contribution in [0.3, 0.4) is 0 Å². The van der Waals surface area contributed by atoms with Gasteiger partial charge in [0.1, 0.15) is 11.2 Å². The molecule has 1 aromatic carbocycles. The highest BCUT2D eigenvalue weighted by Crippen LogP contribution is 2.27. The van der Waals surface area contributed by atoms with Crippen LogP contribution < -0.4 is 21.1 Å². The first kappa shape index (κ1) is 22.7. The molecule has 0 saturated carbocycles. The van der Waals surface area contributed by atoms with Gasteiger partial charge in [-0.1, -0.05) is 13.8 Å². The van der Waals surface area contributed by atoms with Gasteiger partial charge >= 0.3 is 0 Å². The van der Waals surface area contributed by atoms with E-state index < -0.39 is 0 Å². The van der Waals surface area contributed by atoms with E-state index in [0.29, 0.717) is 22.8 Å². The minimum absolute atomic E-state index is 0.0390. The number of fused-ring (bicyclic) bond motifs is 1. The summed E-state index contributed by atoms with van der Waals surface area (Å²) in [7, 11) is 2.17. The van der Waals surface area contributed by atoms with Crippen molar-refractivity contribution in [3.63, 3.8) is 0 Å². The van der Waals surface area contributed by atoms with Crippen LogP contribution in [-0.4, -0.2) is 70.7 Å². The van der Waals surface area contributed by atoms with Crippen LogP contribution in [-0.2, 0) is 0 Å². The number of nitrogens with zero attached hydrogens (tertiary/aromatic N) is 6. The summed E-state index contributed by atoms with van der Waals surface area (Å²) >= 11 is 0. The van der Waals surface area contributed by atoms with Crippen LogP contribution in [0.2, 0.25) is 0 Å². The van der Waals surface area contributed by atoms with Crippen LogP contribution in [0.15, 0.2) is 29.2 Å². The molecule has 2 aliphatic heterocycles. The van der Waals surface area contributed by atoms with Gasteiger partial charge in [0.2, 0.25) is 5.95 Å². The number of nitrogens with one attached hydrogen (secondary N) is 2. The molecule has 0 spiro atoms. The van der Waals surface area contributed by atoms with Crippen molar-refractivity contribution in [2.24, 2.45) is 0 Å². The van der Waals surface area contributed by atoms with E-state index in [9.17, 15) is 4.79 Å². The van der Waals surface area contributed by atoms with Crippen LogP contribution >= 0.6 is 0 Å². The molecule has 2 aromatic heterocycles. The fraction of sp³-hybridized carbons (Fsp3) is 0.520. The summed E-state index contributed by atoms with van der Waals surface area (Å²) in [5, 5.41) is 6.70. The molecule has 2 fully saturated rings. The fourth-order valence-electron chi connectivity index (χ4n) is 4.92. The van der Waals surface area contributed by atoms with Crippen LogP contribution in [0.25, 0.3) is 11.2 Å². The fourth-order valence-corrected chi connectivity index (χ4v) is 4.92. The molecule has 180 valence electrons. The number of benzene rings is 1. The lowest BCUT2D eigenvalue weighted by molar-refractivity contribution is 0.312. The molecule has 0 bridgehead atoms. The number of aromatic nitrogens is 4. The molecule has 0 radical (unpaired) electrons. The molecule has 34 heavy (non-hydrogen) atoms. The summed E-state index contributed by atoms with van der Waals surface area (Å²) in [4.78, 5) is 32.0. The van der Waals surface area contributed by atoms with Crippen molar-refractivity contribution in [3.8, 4) is 0 Å². The van der Waals surface area contributed by atoms with Gasteiger partial charge in [-0.05, 0) is 50.7 Å². The highest BCUT2D eigenvalue weighted by Gasteiger charge is 2.24. The van der Waals surface area contributed by atoms with Crippen molar-refractivity contribution in [3.05, 3.63) is 46.0 Å². The number of likely N-dealkylation sites (N-methyl/N-ethyl adjacent to an activating group) is 1. The molecule has 0 unspecified atom stereocenters. The van der Waals surface area contributed by atoms with E-state index in [2.05, 4.69) is 62.6 Å². The number of anilines is 3. The Morgan fingerprint density at radius 1 is 1.15 bits per heavy atom. The second-order valence-corrected chi connectivity index (χ2v) is 9.79. The maximum atomic E-state index is 13.3. The van der Waals surface area contributed by atoms with Crippen molar-refractivity contribution < 1.29 is 0 Å². The number of aryl methyl sites for hydroxylation is 1. The second-order valence-electron chi connectivity index (χ2n) is 9.79. The summed E-state index contributed by atoms with van der Waals surface area (Å²) in [6.07, 6.45) is 2.62. The van der Waals surface area contributed by atoms with E-state index in [1.165, 1.54) is 11.3 Å². The zero-order valence-corrected chi connectivity index (χ0v) is 20.5. The van der Waals surface area contributed by atoms with Gasteiger partial charge < -0.3 is 20.4 Å². The Kier molecular flexibility index (Phi) is 6.22. The maximum absolute atomic E-state index is 13.3. The van der Waals surface area contributed by atoms with Crippen LogP contribution in [0, 0.1) is 6.92 Å². The van der Waals surface area contributed by atoms with Crippen molar-refractivity contribution in [1.82, 2.24) is 29.7 Å². The van der Waals surface area contributed by atoms with Crippen molar-refractivity contribution in [1.29, 1.82) is 0 Å². The lowest BCUT2D eigenvalue weighted by Crippen LogP contribution is -2.44. The molecular formula is C25H34N8O. The third-order valence-electron chi connectivity index (χ3n) is 6.90. The average Bonchev–Trinajstić information content (AvgIpc) is 3.34. The summed E-state index contributed by atoms with van der Waals surface area (Å²) in [5.41, 5.74) is 5.18. The summed E-state index contributed by atoms with van der Waals surface area (Å²) in [5.74, 6) is 0.509. The SMILES string of the molecule is Cc1cc(Nc2ncc3nc(C(C)C)c(=O)n([C@H]4CCNC4)c3n2)ccc1N1CCN(C)CC1. The van der Waals surface area contributed by atoms with Gasteiger partial charge in [0, 0.05) is 50.0 Å². The van der Waals surface area contributed by atoms with E-state index >= 15 is 0 Å². The Labute approximate surface area is 200 Å². The van der Waals surface area contributed by atoms with Crippen molar-refractivity contribution >= 4 is 28.5 Å². The van der Waals surface area contributed by atoms with Crippen molar-refractivity contribution in [2.45, 2.75) is 39.2 Å². The number of hydrogen-bond acceptors (Lipinski definition) is 8. The van der Waals surface area contributed by atoms with E-state index in [4.69, 9.17) is 4.98 Å². The monoisotopic (exact) mass is 462 g/mol. The Balaban J connectivity index is 1.46. The highest BCUT2D eigenvalue weighted by atomic mass is 16.1. The zero-order chi connectivity index (χ0) is 23.8. The molecule has 3 aromatic rings. The molecule has 5 rings (SSSR count). The van der Waals surface area contributed by atoms with Crippen molar-refractivity contribution in [2.75, 3.05) is 56.5 Å². The van der Waals surface area contributed by atoms with Gasteiger partial charge in [-0.25, -0.2) is 9.97 Å². The molecule has 9 heteroatoms. The molecule has 1 atom stereocenters. The third-order valence-corrected chi connectivity index (χ3v) is 6.90. The van der Waals surface area contributed by atoms with E-state index in [0.717, 1.165) is 51.4 Å². The second kappa shape index (κ2) is 9.31. The normalized spacial score (nSPS) is 19.3. The number of rotatable bonds is 5. The molecule has 0 amide bonds. The molecule has 2 saturated heterocycles. The highest BCUT2D eigenvalue weighted by molar-refractivity contribution is 5.72. The van der Waals surface area contributed by atoms with Crippen LogP contribution in [0.5, 0.6) is 0 Å². The molecule has 2 N–H and O–H groups in total. The standard InChI is InChI=1S/C25H34N8O/c1-16(2)22-24(34)33(19-7-8-26-14-19)23-20(29-22)15-27-25(30-23)28-18-5-6-21(17(3)13-18)32-11-9-31(4)10-12-32/h5-6,13,15-16,19,26H,7-12,14H2,1-4H3,(H,27,28,30)/t19-/m0/s1. The first-order chi connectivity index (χ1) is 16.4. The van der Waals surface area contributed by atoms with Crippen LogP contribution in [0.4, 0.5) is 17.3 Å². The van der Waals surface area contributed by atoms with Gasteiger partial charge in [-0.3, -0.25) is 9.36 Å². The zero-order valence-electron chi connectivity index (χ0n) is 20.5. The quantitative estimate of drug-likeness (QED) is 0.598. The Bertz CT molecular complexity index is 1240. The first-order valence-electron chi connectivity index (χ1n) is 12.2. The lowest BCUT2D eigenvalue weighted by atomic mass is 10.1. The Morgan fingerprint density at radius 3 is 2.62 bits per heavy atom. The topological polar surface area (TPSA) is 91.2 Å². The minimum Gasteiger partial charge on any atom is -0.369 e. The average molecular weight is 463 g/mol. The summed E-state index contributed by atoms with van der Waals surface area (Å²) < 4.78 is 1.83. The number of hydrogen-bond donors (Lipinski definition) is 2. The predicted octanol–water partition coefficient (Wildman–Crippen LogP) is 2.65.